The van der Waals surface area contributed by atoms with E-state index in [1.807, 2.05) is 0 Å². The van der Waals surface area contributed by atoms with Crippen LogP contribution in [-0.2, 0) is 9.53 Å². The number of carbonyl (C=O) groups excluding carboxylic acids is 1. The first-order valence-corrected chi connectivity index (χ1v) is 4.88. The fraction of sp³-hybridized carbons (Fsp3) is 0.800. The number of esters is 1. The van der Waals surface area contributed by atoms with Crippen LogP contribution < -0.4 is 0 Å². The zero-order valence-corrected chi connectivity index (χ0v) is 8.21. The van der Waals surface area contributed by atoms with Crippen molar-refractivity contribution in [2.45, 2.75) is 45.4 Å². The van der Waals surface area contributed by atoms with E-state index in [0.29, 0.717) is 6.61 Å². The van der Waals surface area contributed by atoms with Crippen LogP contribution in [0, 0.1) is 11.3 Å². The van der Waals surface area contributed by atoms with E-state index < -0.39 is 5.97 Å². The van der Waals surface area contributed by atoms with Crippen molar-refractivity contribution in [3.05, 3.63) is 0 Å². The molecule has 0 aromatic heterocycles. The number of ether oxygens (including phenoxy) is 1. The van der Waals surface area contributed by atoms with Crippen molar-refractivity contribution in [3.8, 4) is 6.07 Å². The lowest BCUT2D eigenvalue weighted by molar-refractivity contribution is -0.137. The summed E-state index contributed by atoms with van der Waals surface area (Å²) in [5.74, 6) is -0.770. The highest BCUT2D eigenvalue weighted by Gasteiger charge is 1.97. The van der Waals surface area contributed by atoms with Gasteiger partial charge in [-0.2, -0.15) is 5.26 Å². The molecule has 0 aliphatic rings. The first-order valence-electron chi connectivity index (χ1n) is 4.88. The second-order valence-electron chi connectivity index (χ2n) is 3.02. The Morgan fingerprint density at radius 2 is 1.85 bits per heavy atom. The first-order chi connectivity index (χ1) is 6.31. The van der Waals surface area contributed by atoms with Gasteiger partial charge in [-0.05, 0) is 6.42 Å². The van der Waals surface area contributed by atoms with Gasteiger partial charge < -0.3 is 4.74 Å². The van der Waals surface area contributed by atoms with Crippen molar-refractivity contribution in [2.75, 3.05) is 6.61 Å². The highest BCUT2D eigenvalue weighted by molar-refractivity contribution is 5.85. The Morgan fingerprint density at radius 3 is 2.46 bits per heavy atom. The van der Waals surface area contributed by atoms with Crippen molar-refractivity contribution >= 4 is 5.97 Å². The normalized spacial score (nSPS) is 9.23. The number of rotatable bonds is 7. The minimum Gasteiger partial charge on any atom is -0.455 e. The van der Waals surface area contributed by atoms with Crippen LogP contribution in [-0.4, -0.2) is 12.6 Å². The first kappa shape index (κ1) is 12.0. The number of nitriles is 1. The molecule has 0 amide bonds. The molecule has 0 aromatic carbocycles. The van der Waals surface area contributed by atoms with Gasteiger partial charge in [0.05, 0.1) is 6.61 Å². The molecule has 0 aromatic rings. The summed E-state index contributed by atoms with van der Waals surface area (Å²) in [6.07, 6.45) is 6.91. The van der Waals surface area contributed by atoms with Crippen LogP contribution in [0.3, 0.4) is 0 Å². The number of carbonyl (C=O) groups is 1. The molecule has 0 spiro atoms. The lowest BCUT2D eigenvalue weighted by Gasteiger charge is -2.00. The molecule has 0 atom stereocenters. The quantitative estimate of drug-likeness (QED) is 0.346. The Labute approximate surface area is 79.7 Å². The molecular formula is C10H17NO2. The molecular weight excluding hydrogens is 166 g/mol. The van der Waals surface area contributed by atoms with Crippen LogP contribution in [0.25, 0.3) is 0 Å². The molecule has 74 valence electrons. The molecule has 0 fully saturated rings. The molecule has 0 saturated carbocycles. The van der Waals surface area contributed by atoms with Gasteiger partial charge in [-0.3, -0.25) is 0 Å². The van der Waals surface area contributed by atoms with E-state index in [9.17, 15) is 4.79 Å². The lowest BCUT2D eigenvalue weighted by Crippen LogP contribution is -2.02. The zero-order chi connectivity index (χ0) is 9.94. The Balaban J connectivity index is 3.00. The van der Waals surface area contributed by atoms with Gasteiger partial charge in [-0.15, -0.1) is 0 Å². The second-order valence-corrected chi connectivity index (χ2v) is 3.02. The Hall–Kier alpha value is -1.04. The van der Waals surface area contributed by atoms with E-state index in [1.165, 1.54) is 31.8 Å². The monoisotopic (exact) mass is 183 g/mol. The molecule has 0 saturated heterocycles. The summed E-state index contributed by atoms with van der Waals surface area (Å²) < 4.78 is 4.60. The van der Waals surface area contributed by atoms with Crippen LogP contribution in [0.5, 0.6) is 0 Å². The maximum absolute atomic E-state index is 10.4. The predicted molar refractivity (Wildman–Crippen MR) is 49.9 cm³/mol. The van der Waals surface area contributed by atoms with E-state index in [-0.39, 0.29) is 0 Å². The predicted octanol–water partition coefficient (Wildman–Crippen LogP) is 2.41. The van der Waals surface area contributed by atoms with Gasteiger partial charge in [-0.1, -0.05) is 39.0 Å². The minimum absolute atomic E-state index is 0.387. The summed E-state index contributed by atoms with van der Waals surface area (Å²) in [6.45, 7) is 2.56. The van der Waals surface area contributed by atoms with Gasteiger partial charge in [0.15, 0.2) is 6.07 Å². The molecule has 0 radical (unpaired) electrons. The summed E-state index contributed by atoms with van der Waals surface area (Å²) in [4.78, 5) is 10.4. The van der Waals surface area contributed by atoms with E-state index in [1.54, 1.807) is 0 Å². The van der Waals surface area contributed by atoms with Gasteiger partial charge in [0.2, 0.25) is 0 Å². The Kier molecular flexibility index (Phi) is 8.33. The third-order valence-corrected chi connectivity index (χ3v) is 1.82. The van der Waals surface area contributed by atoms with Crippen LogP contribution >= 0.6 is 0 Å². The molecule has 0 unspecified atom stereocenters. The number of hydrogen-bond donors (Lipinski definition) is 0. The van der Waals surface area contributed by atoms with Crippen molar-refractivity contribution in [2.24, 2.45) is 0 Å². The molecule has 0 aliphatic heterocycles. The standard InChI is InChI=1S/C10H17NO2/c1-2-3-4-5-6-7-8-13-10(12)9-11/h2-8H2,1H3. The van der Waals surface area contributed by atoms with E-state index in [2.05, 4.69) is 11.7 Å². The third-order valence-electron chi connectivity index (χ3n) is 1.82. The van der Waals surface area contributed by atoms with Gasteiger partial charge in [0.1, 0.15) is 0 Å². The van der Waals surface area contributed by atoms with E-state index in [4.69, 9.17) is 5.26 Å². The molecule has 0 bridgehead atoms. The van der Waals surface area contributed by atoms with Gasteiger partial charge in [0, 0.05) is 0 Å². The molecule has 0 heterocycles. The smallest absolute Gasteiger partial charge is 0.411 e. The summed E-state index contributed by atoms with van der Waals surface area (Å²) in [6, 6.07) is 1.42. The number of unbranched alkanes of at least 4 members (excludes halogenated alkanes) is 5. The highest BCUT2D eigenvalue weighted by Crippen LogP contribution is 2.04. The number of hydrogen-bond acceptors (Lipinski definition) is 3. The van der Waals surface area contributed by atoms with Crippen LogP contribution in [0.4, 0.5) is 0 Å². The fourth-order valence-corrected chi connectivity index (χ4v) is 1.08. The highest BCUT2D eigenvalue weighted by atomic mass is 16.5. The maximum Gasteiger partial charge on any atom is 0.411 e. The molecule has 0 rings (SSSR count). The molecule has 3 nitrogen and oxygen atoms in total. The van der Waals surface area contributed by atoms with Crippen molar-refractivity contribution in [1.29, 1.82) is 5.26 Å². The van der Waals surface area contributed by atoms with Crippen molar-refractivity contribution < 1.29 is 9.53 Å². The summed E-state index contributed by atoms with van der Waals surface area (Å²) in [5.41, 5.74) is 0. The van der Waals surface area contributed by atoms with Crippen molar-refractivity contribution in [1.82, 2.24) is 0 Å². The largest absolute Gasteiger partial charge is 0.455 e. The maximum atomic E-state index is 10.4. The van der Waals surface area contributed by atoms with Crippen LogP contribution in [0.15, 0.2) is 0 Å². The van der Waals surface area contributed by atoms with E-state index >= 15 is 0 Å². The van der Waals surface area contributed by atoms with Gasteiger partial charge >= 0.3 is 5.97 Å². The summed E-state index contributed by atoms with van der Waals surface area (Å²) >= 11 is 0. The average Bonchev–Trinajstić information content (AvgIpc) is 2.16. The summed E-state index contributed by atoms with van der Waals surface area (Å²) in [7, 11) is 0. The zero-order valence-electron chi connectivity index (χ0n) is 8.21. The topological polar surface area (TPSA) is 50.1 Å². The number of nitrogens with zero attached hydrogens (tertiary/aromatic N) is 1. The minimum atomic E-state index is -0.770. The SMILES string of the molecule is CCCCCCCCOC(=O)C#N. The molecule has 3 heteroatoms. The second kappa shape index (κ2) is 9.05. The fourth-order valence-electron chi connectivity index (χ4n) is 1.08. The van der Waals surface area contributed by atoms with Crippen LogP contribution in [0.1, 0.15) is 45.4 Å². The van der Waals surface area contributed by atoms with Gasteiger partial charge in [0.25, 0.3) is 0 Å². The Bertz CT molecular complexity index is 172. The Morgan fingerprint density at radius 1 is 1.23 bits per heavy atom. The lowest BCUT2D eigenvalue weighted by atomic mass is 10.1. The summed E-state index contributed by atoms with van der Waals surface area (Å²) in [5, 5.41) is 8.08. The van der Waals surface area contributed by atoms with E-state index in [0.717, 1.165) is 12.8 Å². The third kappa shape index (κ3) is 8.87. The van der Waals surface area contributed by atoms with Crippen molar-refractivity contribution in [3.63, 3.8) is 0 Å². The molecule has 0 N–H and O–H groups in total. The molecule has 13 heavy (non-hydrogen) atoms. The van der Waals surface area contributed by atoms with Gasteiger partial charge in [-0.25, -0.2) is 4.79 Å². The average molecular weight is 183 g/mol. The van der Waals surface area contributed by atoms with Crippen LogP contribution in [0.2, 0.25) is 0 Å². The molecule has 0 aliphatic carbocycles.